The summed E-state index contributed by atoms with van der Waals surface area (Å²) in [7, 11) is 0. The van der Waals surface area contributed by atoms with Crippen molar-refractivity contribution >= 4 is 15.9 Å². The normalized spacial score (nSPS) is 13.3. The van der Waals surface area contributed by atoms with Crippen molar-refractivity contribution in [1.82, 2.24) is 15.2 Å². The average Bonchev–Trinajstić information content (AvgIpc) is 2.63. The van der Waals surface area contributed by atoms with Crippen LogP contribution in [0.25, 0.3) is 0 Å². The minimum Gasteiger partial charge on any atom is -0.271 e. The maximum absolute atomic E-state index is 5.67. The molecule has 1 atom stereocenters. The molecule has 0 aliphatic carbocycles. The van der Waals surface area contributed by atoms with Gasteiger partial charge < -0.3 is 0 Å². The summed E-state index contributed by atoms with van der Waals surface area (Å²) in [6.45, 7) is 7.54. The Bertz CT molecular complexity index is 335. The second-order valence-corrected chi connectivity index (χ2v) is 5.65. The molecule has 0 fully saturated rings. The zero-order valence-electron chi connectivity index (χ0n) is 10.9. The van der Waals surface area contributed by atoms with Crippen molar-refractivity contribution in [3.05, 3.63) is 16.4 Å². The van der Waals surface area contributed by atoms with Crippen LogP contribution in [0.1, 0.15) is 51.8 Å². The lowest BCUT2D eigenvalue weighted by Crippen LogP contribution is -2.30. The second kappa shape index (κ2) is 7.13. The van der Waals surface area contributed by atoms with Crippen molar-refractivity contribution < 1.29 is 0 Å². The zero-order chi connectivity index (χ0) is 12.8. The van der Waals surface area contributed by atoms with Crippen LogP contribution in [0.5, 0.6) is 0 Å². The van der Waals surface area contributed by atoms with Gasteiger partial charge in [-0.3, -0.25) is 16.0 Å². The molecule has 1 rings (SSSR count). The molecule has 98 valence electrons. The van der Waals surface area contributed by atoms with Gasteiger partial charge in [-0.05, 0) is 41.1 Å². The van der Waals surface area contributed by atoms with Gasteiger partial charge in [0.1, 0.15) is 0 Å². The zero-order valence-corrected chi connectivity index (χ0v) is 12.5. The van der Waals surface area contributed by atoms with Gasteiger partial charge in [0.15, 0.2) is 0 Å². The van der Waals surface area contributed by atoms with E-state index in [2.05, 4.69) is 47.2 Å². The second-order valence-electron chi connectivity index (χ2n) is 4.79. The molecule has 1 aromatic rings. The maximum atomic E-state index is 5.67. The Morgan fingerprint density at radius 1 is 1.47 bits per heavy atom. The highest BCUT2D eigenvalue weighted by molar-refractivity contribution is 9.10. The number of halogens is 1. The number of hydrogen-bond acceptors (Lipinski definition) is 3. The fourth-order valence-electron chi connectivity index (χ4n) is 1.91. The smallest absolute Gasteiger partial charge is 0.0709 e. The van der Waals surface area contributed by atoms with Gasteiger partial charge in [-0.1, -0.05) is 20.8 Å². The van der Waals surface area contributed by atoms with E-state index in [4.69, 9.17) is 5.84 Å². The summed E-state index contributed by atoms with van der Waals surface area (Å²) in [5.74, 6) is 6.36. The molecule has 0 aliphatic heterocycles. The molecule has 4 nitrogen and oxygen atoms in total. The first-order valence-electron chi connectivity index (χ1n) is 6.27. The minimum absolute atomic E-state index is 0.167. The van der Waals surface area contributed by atoms with Crippen LogP contribution in [0.2, 0.25) is 0 Å². The number of aromatic nitrogens is 2. The third kappa shape index (κ3) is 4.08. The van der Waals surface area contributed by atoms with E-state index in [0.29, 0.717) is 5.92 Å². The van der Waals surface area contributed by atoms with Crippen LogP contribution in [0.15, 0.2) is 10.7 Å². The van der Waals surface area contributed by atoms with Crippen LogP contribution < -0.4 is 11.3 Å². The number of nitrogens with one attached hydrogen (secondary N) is 1. The Labute approximate surface area is 112 Å². The first-order chi connectivity index (χ1) is 8.10. The molecule has 0 saturated carbocycles. The molecule has 3 N–H and O–H groups in total. The highest BCUT2D eigenvalue weighted by Crippen LogP contribution is 2.27. The summed E-state index contributed by atoms with van der Waals surface area (Å²) in [5, 5.41) is 4.38. The molecule has 1 aromatic heterocycles. The van der Waals surface area contributed by atoms with Gasteiger partial charge in [-0.2, -0.15) is 5.10 Å². The fourth-order valence-corrected chi connectivity index (χ4v) is 2.48. The number of nitrogens with two attached hydrogens (primary N) is 1. The summed E-state index contributed by atoms with van der Waals surface area (Å²) in [5.41, 5.74) is 4.07. The highest BCUT2D eigenvalue weighted by Gasteiger charge is 2.18. The van der Waals surface area contributed by atoms with E-state index >= 15 is 0 Å². The first-order valence-corrected chi connectivity index (χ1v) is 7.06. The van der Waals surface area contributed by atoms with E-state index in [1.807, 2.05) is 10.9 Å². The van der Waals surface area contributed by atoms with Crippen molar-refractivity contribution in [1.29, 1.82) is 0 Å². The predicted molar refractivity (Wildman–Crippen MR) is 74.4 cm³/mol. The topological polar surface area (TPSA) is 55.9 Å². The number of rotatable bonds is 7. The SMILES string of the molecule is CCCn1ncc(Br)c1C(CCC(C)C)NN. The van der Waals surface area contributed by atoms with Crippen molar-refractivity contribution in [2.24, 2.45) is 11.8 Å². The number of hydrogen-bond donors (Lipinski definition) is 2. The minimum atomic E-state index is 0.167. The van der Waals surface area contributed by atoms with E-state index in [-0.39, 0.29) is 6.04 Å². The molecule has 5 heteroatoms. The Morgan fingerprint density at radius 2 is 2.18 bits per heavy atom. The molecule has 1 unspecified atom stereocenters. The lowest BCUT2D eigenvalue weighted by molar-refractivity contribution is 0.416. The lowest BCUT2D eigenvalue weighted by atomic mass is 10.0. The third-order valence-corrected chi connectivity index (χ3v) is 3.44. The monoisotopic (exact) mass is 302 g/mol. The number of hydrazine groups is 1. The van der Waals surface area contributed by atoms with Crippen molar-refractivity contribution in [2.75, 3.05) is 0 Å². The van der Waals surface area contributed by atoms with Crippen LogP contribution in [-0.2, 0) is 6.54 Å². The summed E-state index contributed by atoms with van der Waals surface area (Å²) < 4.78 is 3.08. The molecule has 1 heterocycles. The van der Waals surface area contributed by atoms with Crippen LogP contribution in [0.4, 0.5) is 0 Å². The van der Waals surface area contributed by atoms with Gasteiger partial charge in [-0.25, -0.2) is 0 Å². The largest absolute Gasteiger partial charge is 0.271 e. The molecule has 17 heavy (non-hydrogen) atoms. The Balaban J connectivity index is 2.82. The fraction of sp³-hybridized carbons (Fsp3) is 0.750. The maximum Gasteiger partial charge on any atom is 0.0709 e. The third-order valence-electron chi connectivity index (χ3n) is 2.83. The van der Waals surface area contributed by atoms with E-state index in [0.717, 1.165) is 36.0 Å². The standard InChI is InChI=1S/C12H23BrN4/c1-4-7-17-12(10(13)8-15-17)11(16-14)6-5-9(2)3/h8-9,11,16H,4-7,14H2,1-3H3. The van der Waals surface area contributed by atoms with Crippen LogP contribution >= 0.6 is 15.9 Å². The van der Waals surface area contributed by atoms with Gasteiger partial charge in [-0.15, -0.1) is 0 Å². The predicted octanol–water partition coefficient (Wildman–Crippen LogP) is 3.00. The summed E-state index contributed by atoms with van der Waals surface area (Å²) >= 11 is 3.56. The summed E-state index contributed by atoms with van der Waals surface area (Å²) in [6, 6.07) is 0.167. The summed E-state index contributed by atoms with van der Waals surface area (Å²) in [4.78, 5) is 0. The van der Waals surface area contributed by atoms with Crippen LogP contribution in [0, 0.1) is 5.92 Å². The van der Waals surface area contributed by atoms with E-state index in [1.165, 1.54) is 0 Å². The van der Waals surface area contributed by atoms with E-state index in [9.17, 15) is 0 Å². The molecule has 0 radical (unpaired) electrons. The Morgan fingerprint density at radius 3 is 2.71 bits per heavy atom. The van der Waals surface area contributed by atoms with Gasteiger partial charge >= 0.3 is 0 Å². The Kier molecular flexibility index (Phi) is 6.16. The van der Waals surface area contributed by atoms with Gasteiger partial charge in [0.2, 0.25) is 0 Å². The number of nitrogens with zero attached hydrogens (tertiary/aromatic N) is 2. The van der Waals surface area contributed by atoms with E-state index in [1.54, 1.807) is 0 Å². The average molecular weight is 303 g/mol. The van der Waals surface area contributed by atoms with Gasteiger partial charge in [0.05, 0.1) is 22.4 Å². The highest BCUT2D eigenvalue weighted by atomic mass is 79.9. The van der Waals surface area contributed by atoms with Gasteiger partial charge in [0, 0.05) is 6.54 Å². The van der Waals surface area contributed by atoms with Crippen molar-refractivity contribution in [2.45, 2.75) is 52.6 Å². The first kappa shape index (κ1) is 14.7. The molecule has 0 saturated heterocycles. The Hall–Kier alpha value is -0.390. The van der Waals surface area contributed by atoms with Crippen molar-refractivity contribution in [3.8, 4) is 0 Å². The molecule has 0 amide bonds. The molecule has 0 aromatic carbocycles. The lowest BCUT2D eigenvalue weighted by Gasteiger charge is -2.19. The molecule has 0 aliphatic rings. The van der Waals surface area contributed by atoms with Crippen LogP contribution in [-0.4, -0.2) is 9.78 Å². The molecular weight excluding hydrogens is 280 g/mol. The molecule has 0 spiro atoms. The van der Waals surface area contributed by atoms with E-state index < -0.39 is 0 Å². The molecule has 0 bridgehead atoms. The number of aryl methyl sites for hydroxylation is 1. The van der Waals surface area contributed by atoms with Gasteiger partial charge in [0.25, 0.3) is 0 Å². The quantitative estimate of drug-likeness (QED) is 0.601. The van der Waals surface area contributed by atoms with Crippen molar-refractivity contribution in [3.63, 3.8) is 0 Å². The summed E-state index contributed by atoms with van der Waals surface area (Å²) in [6.07, 6.45) is 5.11. The van der Waals surface area contributed by atoms with Crippen LogP contribution in [0.3, 0.4) is 0 Å². The molecular formula is C12H23BrN4.